The summed E-state index contributed by atoms with van der Waals surface area (Å²) in [5.41, 5.74) is 3.16. The molecular formula is C15H11N3O2. The molecule has 1 aromatic heterocycles. The molecule has 98 valence electrons. The number of aromatic amines is 1. The van der Waals surface area contributed by atoms with Crippen molar-refractivity contribution in [3.63, 3.8) is 0 Å². The molecule has 3 aromatic rings. The highest BCUT2D eigenvalue weighted by molar-refractivity contribution is 5.92. The van der Waals surface area contributed by atoms with E-state index in [1.807, 2.05) is 54.6 Å². The highest BCUT2D eigenvalue weighted by Crippen LogP contribution is 2.24. The maximum absolute atomic E-state index is 11.0. The fourth-order valence-electron chi connectivity index (χ4n) is 2.03. The summed E-state index contributed by atoms with van der Waals surface area (Å²) >= 11 is 0. The van der Waals surface area contributed by atoms with Crippen LogP contribution in [0.15, 0.2) is 54.6 Å². The van der Waals surface area contributed by atoms with Crippen molar-refractivity contribution < 1.29 is 9.90 Å². The number of aromatic carboxylic acids is 1. The fourth-order valence-corrected chi connectivity index (χ4v) is 2.03. The Morgan fingerprint density at radius 1 is 0.850 bits per heavy atom. The lowest BCUT2D eigenvalue weighted by molar-refractivity contribution is 0.0691. The first-order valence-electron chi connectivity index (χ1n) is 6.05. The monoisotopic (exact) mass is 265 g/mol. The topological polar surface area (TPSA) is 78.9 Å². The van der Waals surface area contributed by atoms with Crippen LogP contribution in [0.2, 0.25) is 0 Å². The van der Waals surface area contributed by atoms with Gasteiger partial charge in [0.15, 0.2) is 5.69 Å². The summed E-state index contributed by atoms with van der Waals surface area (Å²) in [5.74, 6) is -1.10. The normalized spacial score (nSPS) is 10.4. The van der Waals surface area contributed by atoms with Gasteiger partial charge in [0, 0.05) is 5.56 Å². The largest absolute Gasteiger partial charge is 0.476 e. The summed E-state index contributed by atoms with van der Waals surface area (Å²) in [6.45, 7) is 0. The Hall–Kier alpha value is -2.95. The van der Waals surface area contributed by atoms with E-state index in [1.54, 1.807) is 0 Å². The van der Waals surface area contributed by atoms with Gasteiger partial charge >= 0.3 is 5.97 Å². The number of benzene rings is 2. The van der Waals surface area contributed by atoms with E-state index in [0.29, 0.717) is 5.69 Å². The van der Waals surface area contributed by atoms with Crippen LogP contribution < -0.4 is 0 Å². The first kappa shape index (κ1) is 12.1. The molecule has 0 aliphatic heterocycles. The number of carboxylic acids is 1. The molecule has 0 fully saturated rings. The number of nitrogens with one attached hydrogen (secondary N) is 1. The Labute approximate surface area is 114 Å². The third-order valence-corrected chi connectivity index (χ3v) is 3.02. The third-order valence-electron chi connectivity index (χ3n) is 3.02. The van der Waals surface area contributed by atoms with Crippen LogP contribution in [-0.2, 0) is 0 Å². The standard InChI is InChI=1S/C15H11N3O2/c19-15(20)14-13(16-18-17-14)12-8-6-11(7-9-12)10-4-2-1-3-5-10/h1-9H,(H,19,20)(H,16,17,18). The summed E-state index contributed by atoms with van der Waals surface area (Å²) in [5, 5.41) is 18.9. The minimum atomic E-state index is -1.10. The van der Waals surface area contributed by atoms with Crippen molar-refractivity contribution in [1.82, 2.24) is 15.4 Å². The molecule has 0 atom stereocenters. The van der Waals surface area contributed by atoms with Crippen LogP contribution in [0.3, 0.4) is 0 Å². The van der Waals surface area contributed by atoms with E-state index in [2.05, 4.69) is 15.4 Å². The molecule has 1 heterocycles. The van der Waals surface area contributed by atoms with E-state index >= 15 is 0 Å². The van der Waals surface area contributed by atoms with Gasteiger partial charge in [-0.15, -0.1) is 5.10 Å². The van der Waals surface area contributed by atoms with Gasteiger partial charge in [-0.05, 0) is 11.1 Å². The van der Waals surface area contributed by atoms with Crippen LogP contribution in [-0.4, -0.2) is 26.5 Å². The summed E-state index contributed by atoms with van der Waals surface area (Å²) in [7, 11) is 0. The van der Waals surface area contributed by atoms with Crippen LogP contribution in [0.1, 0.15) is 10.5 Å². The Kier molecular flexibility index (Phi) is 3.01. The Bertz CT molecular complexity index is 733. The van der Waals surface area contributed by atoms with Gasteiger partial charge in [0.1, 0.15) is 5.69 Å². The average molecular weight is 265 g/mol. The lowest BCUT2D eigenvalue weighted by Crippen LogP contribution is -1.99. The summed E-state index contributed by atoms with van der Waals surface area (Å²) < 4.78 is 0. The minimum Gasteiger partial charge on any atom is -0.476 e. The van der Waals surface area contributed by atoms with Gasteiger partial charge < -0.3 is 5.11 Å². The molecule has 0 aliphatic carbocycles. The molecule has 0 saturated carbocycles. The second kappa shape index (κ2) is 4.97. The SMILES string of the molecule is O=C(O)c1n[nH]nc1-c1ccc(-c2ccccc2)cc1. The van der Waals surface area contributed by atoms with Gasteiger partial charge in [0.05, 0.1) is 0 Å². The number of hydrogen-bond donors (Lipinski definition) is 2. The molecule has 2 aromatic carbocycles. The van der Waals surface area contributed by atoms with Gasteiger partial charge in [0.25, 0.3) is 0 Å². The number of H-pyrrole nitrogens is 1. The molecule has 0 aliphatic rings. The number of nitrogens with zero attached hydrogens (tertiary/aromatic N) is 2. The van der Waals surface area contributed by atoms with E-state index < -0.39 is 5.97 Å². The molecule has 0 bridgehead atoms. The van der Waals surface area contributed by atoms with Crippen molar-refractivity contribution in [2.45, 2.75) is 0 Å². The predicted molar refractivity (Wildman–Crippen MR) is 74.2 cm³/mol. The lowest BCUT2D eigenvalue weighted by Gasteiger charge is -2.03. The van der Waals surface area contributed by atoms with E-state index in [9.17, 15) is 4.79 Å². The van der Waals surface area contributed by atoms with E-state index in [0.717, 1.165) is 16.7 Å². The molecule has 5 nitrogen and oxygen atoms in total. The predicted octanol–water partition coefficient (Wildman–Crippen LogP) is 2.84. The number of aromatic nitrogens is 3. The highest BCUT2D eigenvalue weighted by Gasteiger charge is 2.16. The minimum absolute atomic E-state index is 0.0718. The van der Waals surface area contributed by atoms with Crippen molar-refractivity contribution in [2.24, 2.45) is 0 Å². The molecule has 0 saturated heterocycles. The van der Waals surface area contributed by atoms with Crippen molar-refractivity contribution in [3.05, 3.63) is 60.3 Å². The van der Waals surface area contributed by atoms with Crippen LogP contribution in [0.4, 0.5) is 0 Å². The van der Waals surface area contributed by atoms with Crippen molar-refractivity contribution >= 4 is 5.97 Å². The maximum atomic E-state index is 11.0. The van der Waals surface area contributed by atoms with Gasteiger partial charge in [-0.3, -0.25) is 0 Å². The van der Waals surface area contributed by atoms with Crippen LogP contribution in [0, 0.1) is 0 Å². The second-order valence-electron chi connectivity index (χ2n) is 4.27. The number of carboxylic acid groups (broad SMARTS) is 1. The Morgan fingerprint density at radius 3 is 2.10 bits per heavy atom. The molecule has 20 heavy (non-hydrogen) atoms. The summed E-state index contributed by atoms with van der Waals surface area (Å²) in [4.78, 5) is 11.0. The Morgan fingerprint density at radius 2 is 1.45 bits per heavy atom. The molecule has 0 spiro atoms. The zero-order valence-corrected chi connectivity index (χ0v) is 10.4. The quantitative estimate of drug-likeness (QED) is 0.763. The van der Waals surface area contributed by atoms with Crippen LogP contribution in [0.25, 0.3) is 22.4 Å². The van der Waals surface area contributed by atoms with Crippen molar-refractivity contribution in [2.75, 3.05) is 0 Å². The fraction of sp³-hybridized carbons (Fsp3) is 0. The van der Waals surface area contributed by atoms with Gasteiger partial charge in [0.2, 0.25) is 0 Å². The smallest absolute Gasteiger partial charge is 0.358 e. The van der Waals surface area contributed by atoms with Crippen molar-refractivity contribution in [1.29, 1.82) is 0 Å². The second-order valence-corrected chi connectivity index (χ2v) is 4.27. The van der Waals surface area contributed by atoms with Crippen LogP contribution >= 0.6 is 0 Å². The van der Waals surface area contributed by atoms with E-state index in [4.69, 9.17) is 5.11 Å². The number of rotatable bonds is 3. The first-order valence-corrected chi connectivity index (χ1v) is 6.05. The first-order chi connectivity index (χ1) is 9.75. The third kappa shape index (κ3) is 2.16. The Balaban J connectivity index is 1.98. The molecule has 0 unspecified atom stereocenters. The molecular weight excluding hydrogens is 254 g/mol. The number of carbonyl (C=O) groups is 1. The van der Waals surface area contributed by atoms with E-state index in [-0.39, 0.29) is 5.69 Å². The molecule has 0 radical (unpaired) electrons. The van der Waals surface area contributed by atoms with Gasteiger partial charge in [-0.25, -0.2) is 4.79 Å². The van der Waals surface area contributed by atoms with Crippen molar-refractivity contribution in [3.8, 4) is 22.4 Å². The lowest BCUT2D eigenvalue weighted by atomic mass is 10.0. The zero-order chi connectivity index (χ0) is 13.9. The average Bonchev–Trinajstić information content (AvgIpc) is 2.98. The molecule has 2 N–H and O–H groups in total. The molecule has 5 heteroatoms. The summed E-state index contributed by atoms with van der Waals surface area (Å²) in [6, 6.07) is 17.5. The maximum Gasteiger partial charge on any atom is 0.358 e. The van der Waals surface area contributed by atoms with Gasteiger partial charge in [-0.1, -0.05) is 54.6 Å². The summed E-state index contributed by atoms with van der Waals surface area (Å²) in [6.07, 6.45) is 0. The zero-order valence-electron chi connectivity index (χ0n) is 10.4. The highest BCUT2D eigenvalue weighted by atomic mass is 16.4. The molecule has 3 rings (SSSR count). The van der Waals surface area contributed by atoms with Crippen LogP contribution in [0.5, 0.6) is 0 Å². The van der Waals surface area contributed by atoms with Gasteiger partial charge in [-0.2, -0.15) is 10.3 Å². The number of hydrogen-bond acceptors (Lipinski definition) is 3. The molecule has 0 amide bonds. The van der Waals surface area contributed by atoms with E-state index in [1.165, 1.54) is 0 Å².